The van der Waals surface area contributed by atoms with Crippen molar-refractivity contribution in [3.63, 3.8) is 0 Å². The van der Waals surface area contributed by atoms with Gasteiger partial charge in [-0.15, -0.1) is 0 Å². The number of unbranched alkanes of at least 4 members (excludes halogenated alkanes) is 2. The number of carboxylic acids is 1. The molecule has 1 aromatic heterocycles. The second-order valence-electron chi connectivity index (χ2n) is 18.7. The Hall–Kier alpha value is -5.37. The molecule has 0 saturated carbocycles. The second kappa shape index (κ2) is 36.0. The van der Waals surface area contributed by atoms with E-state index in [9.17, 15) is 67.7 Å². The molecule has 0 bridgehead atoms. The number of aliphatic hydroxyl groups excluding tert-OH is 1. The second-order valence-corrected chi connectivity index (χ2v) is 20.3. The summed E-state index contributed by atoms with van der Waals surface area (Å²) in [5.41, 5.74) is 30.6. The van der Waals surface area contributed by atoms with Crippen LogP contribution in [0.3, 0.4) is 0 Å². The molecule has 0 aliphatic carbocycles. The number of aliphatic hydroxyl groups is 1. The Labute approximate surface area is 457 Å². The molecule has 15 N–H and O–H groups in total. The van der Waals surface area contributed by atoms with Crippen molar-refractivity contribution in [1.29, 1.82) is 0 Å². The van der Waals surface area contributed by atoms with Gasteiger partial charge in [-0.25, -0.2) is 37.1 Å². The van der Waals surface area contributed by atoms with Gasteiger partial charge in [-0.05, 0) is 64.5 Å². The molecule has 31 heteroatoms. The lowest BCUT2D eigenvalue weighted by atomic mass is 9.97. The maximum absolute atomic E-state index is 14.3. The van der Waals surface area contributed by atoms with Gasteiger partial charge in [0, 0.05) is 44.1 Å². The van der Waals surface area contributed by atoms with Crippen molar-refractivity contribution >= 4 is 91.5 Å². The van der Waals surface area contributed by atoms with E-state index in [0.717, 1.165) is 18.7 Å². The Bertz CT molecular complexity index is 2200. The normalized spacial score (nSPS) is 18.2. The van der Waals surface area contributed by atoms with Crippen LogP contribution < -0.4 is 49.6 Å². The molecule has 10 atom stereocenters. The van der Waals surface area contributed by atoms with Crippen molar-refractivity contribution in [3.8, 4) is 0 Å². The Morgan fingerprint density at radius 3 is 2.17 bits per heavy atom. The SMILES string of the molecule is CC(=O)OC(COC=O)CSCC(N)C(=O)C(=O)CNN[C@@H](CC(=O)O)C(=O)C(=O)[C@@H]1CCCN1N[C@@H](CCCCN)C(=O)N[C@@H](Cc1c[nH]cn1)C(=O)CC(=O)[C@@H]1CCCN1C(=O)[C@H](CCCCN)NN[C@@H](CO)C(=O)P. The lowest BCUT2D eigenvalue weighted by Gasteiger charge is -2.31. The number of hydrogen-bond donors (Lipinski definition) is 12. The first kappa shape index (κ1) is 66.9. The summed E-state index contributed by atoms with van der Waals surface area (Å²) in [5, 5.41) is 23.4. The zero-order valence-electron chi connectivity index (χ0n) is 43.7. The fourth-order valence-electron chi connectivity index (χ4n) is 8.57. The fourth-order valence-corrected chi connectivity index (χ4v) is 9.73. The smallest absolute Gasteiger partial charge is 0.305 e. The van der Waals surface area contributed by atoms with Crippen LogP contribution in [0.1, 0.15) is 89.7 Å². The number of aromatic amines is 1. The predicted octanol–water partition coefficient (Wildman–Crippen LogP) is -4.84. The minimum absolute atomic E-state index is 0.0747. The average Bonchev–Trinajstić information content (AvgIpc) is 4.22. The minimum Gasteiger partial charge on any atom is -0.481 e. The van der Waals surface area contributed by atoms with E-state index in [1.807, 2.05) is 9.24 Å². The number of carboxylic acid groups (broad SMARTS) is 1. The van der Waals surface area contributed by atoms with E-state index < -0.39 is 144 Å². The van der Waals surface area contributed by atoms with E-state index in [-0.39, 0.29) is 76.3 Å². The predicted molar refractivity (Wildman–Crippen MR) is 282 cm³/mol. The monoisotopic (exact) mass is 1140 g/mol. The van der Waals surface area contributed by atoms with Crippen LogP contribution in [0.15, 0.2) is 12.5 Å². The van der Waals surface area contributed by atoms with E-state index in [1.165, 1.54) is 22.4 Å². The summed E-state index contributed by atoms with van der Waals surface area (Å²) in [6.45, 7) is 0.779. The number of rotatable bonds is 43. The van der Waals surface area contributed by atoms with Crippen LogP contribution in [0.25, 0.3) is 0 Å². The molecule has 2 aliphatic heterocycles. The molecule has 78 heavy (non-hydrogen) atoms. The highest BCUT2D eigenvalue weighted by Gasteiger charge is 2.42. The van der Waals surface area contributed by atoms with Crippen LogP contribution in [0, 0.1) is 0 Å². The van der Waals surface area contributed by atoms with Crippen LogP contribution in [-0.2, 0) is 73.4 Å². The van der Waals surface area contributed by atoms with E-state index in [1.54, 1.807) is 0 Å². The number of Topliss-reactive ketones (excluding diaryl/α,β-unsaturated/α-hetero) is 6. The first-order chi connectivity index (χ1) is 37.3. The van der Waals surface area contributed by atoms with Crippen LogP contribution in [-0.4, -0.2) is 212 Å². The van der Waals surface area contributed by atoms with E-state index in [2.05, 4.69) is 47.2 Å². The molecule has 2 fully saturated rings. The highest BCUT2D eigenvalue weighted by molar-refractivity contribution is 7.99. The number of nitrogens with one attached hydrogen (secondary N) is 7. The van der Waals surface area contributed by atoms with Crippen molar-refractivity contribution < 1.29 is 77.2 Å². The lowest BCUT2D eigenvalue weighted by molar-refractivity contribution is -0.150. The molecule has 436 valence electrons. The number of aromatic nitrogens is 2. The lowest BCUT2D eigenvalue weighted by Crippen LogP contribution is -2.59. The van der Waals surface area contributed by atoms with Crippen LogP contribution in [0.5, 0.6) is 0 Å². The van der Waals surface area contributed by atoms with Gasteiger partial charge in [-0.1, -0.05) is 22.1 Å². The van der Waals surface area contributed by atoms with E-state index in [0.29, 0.717) is 50.8 Å². The highest BCUT2D eigenvalue weighted by atomic mass is 32.2. The van der Waals surface area contributed by atoms with Gasteiger partial charge >= 0.3 is 11.9 Å². The number of aliphatic carboxylic acids is 1. The standard InChI is InChI=1S/C47H76N13O16PS/c1-27(63)76-29(22-75-26-62)23-78-24-30(50)42(69)40(66)20-53-55-34(17-41(67)68)43(70)44(71)37-11-7-15-60(37)58-31(8-2-4-12-48)45(72)54-33(16-28-19-51-25-52-28)38(64)18-39(65)36-10-6-14-59(36)46(73)32(9-3-5-13-49)56-57-35(21-61)47(74)77/h19,25-26,29-37,53,55-58,61H,2-18,20-24,48-50,77H2,1H3,(H,51,52)(H,54,72)(H,67,68)/t29?,30?,31-,32-,33-,34-,35-,36-,37-/m0/s1. The molecule has 0 radical (unpaired) electrons. The van der Waals surface area contributed by atoms with Gasteiger partial charge in [0.15, 0.2) is 17.1 Å². The fraction of sp³-hybridized carbons (Fsp3) is 0.681. The molecule has 3 heterocycles. The third-order valence-electron chi connectivity index (χ3n) is 12.6. The molecule has 3 rings (SSSR count). The van der Waals surface area contributed by atoms with Crippen molar-refractivity contribution in [2.45, 2.75) is 145 Å². The van der Waals surface area contributed by atoms with Crippen molar-refractivity contribution in [2.24, 2.45) is 17.2 Å². The summed E-state index contributed by atoms with van der Waals surface area (Å²) in [5.74, 6) is -8.85. The molecule has 0 aromatic carbocycles. The number of likely N-dealkylation sites (tertiary alicyclic amines) is 1. The minimum atomic E-state index is -1.72. The van der Waals surface area contributed by atoms with E-state index in [4.69, 9.17) is 21.9 Å². The van der Waals surface area contributed by atoms with Gasteiger partial charge < -0.3 is 52.1 Å². The number of hydrazine groups is 3. The van der Waals surface area contributed by atoms with E-state index >= 15 is 0 Å². The summed E-state index contributed by atoms with van der Waals surface area (Å²) in [7, 11) is 1.96. The first-order valence-corrected chi connectivity index (χ1v) is 27.4. The molecule has 1 aromatic rings. The summed E-state index contributed by atoms with van der Waals surface area (Å²) in [6, 6.07) is -9.61. The Morgan fingerprint density at radius 2 is 1.55 bits per heavy atom. The Morgan fingerprint density at radius 1 is 0.885 bits per heavy atom. The molecule has 2 saturated heterocycles. The van der Waals surface area contributed by atoms with Gasteiger partial charge in [0.25, 0.3) is 6.47 Å². The number of ether oxygens (including phenoxy) is 2. The van der Waals surface area contributed by atoms with Crippen LogP contribution >= 0.6 is 21.0 Å². The zero-order valence-corrected chi connectivity index (χ0v) is 45.6. The number of carbonyl (C=O) groups excluding carboxylic acids is 11. The van der Waals surface area contributed by atoms with Crippen LogP contribution in [0.2, 0.25) is 0 Å². The van der Waals surface area contributed by atoms with Crippen molar-refractivity contribution in [3.05, 3.63) is 18.2 Å². The molecule has 2 aliphatic rings. The Kier molecular flexibility index (Phi) is 30.9. The van der Waals surface area contributed by atoms with Crippen LogP contribution in [0.4, 0.5) is 0 Å². The summed E-state index contributed by atoms with van der Waals surface area (Å²) < 4.78 is 9.67. The molecular weight excluding hydrogens is 1070 g/mol. The highest BCUT2D eigenvalue weighted by Crippen LogP contribution is 2.23. The summed E-state index contributed by atoms with van der Waals surface area (Å²) >= 11 is 1.04. The third-order valence-corrected chi connectivity index (χ3v) is 14.2. The van der Waals surface area contributed by atoms with Gasteiger partial charge in [0.1, 0.15) is 30.8 Å². The number of nitrogens with zero attached hydrogens (tertiary/aromatic N) is 3. The average molecular weight is 1140 g/mol. The number of ketones is 6. The summed E-state index contributed by atoms with van der Waals surface area (Å²) in [4.78, 5) is 164. The Balaban J connectivity index is 1.72. The third kappa shape index (κ3) is 22.8. The molecule has 0 spiro atoms. The molecular formula is C47H76N13O16PS. The van der Waals surface area contributed by atoms with Gasteiger partial charge in [-0.3, -0.25) is 57.5 Å². The number of carbonyl (C=O) groups is 12. The summed E-state index contributed by atoms with van der Waals surface area (Å²) in [6.07, 6.45) is 3.92. The quantitative estimate of drug-likeness (QED) is 0.00555. The zero-order chi connectivity index (χ0) is 57.7. The molecule has 29 nitrogen and oxygen atoms in total. The number of amides is 2. The van der Waals surface area contributed by atoms with Gasteiger partial charge in [0.05, 0.1) is 68.2 Å². The maximum atomic E-state index is 14.3. The topological polar surface area (TPSA) is 449 Å². The van der Waals surface area contributed by atoms with Gasteiger partial charge in [0.2, 0.25) is 34.9 Å². The molecule has 2 amide bonds. The number of H-pyrrole nitrogens is 1. The number of nitrogens with two attached hydrogens (primary N) is 3. The van der Waals surface area contributed by atoms with Gasteiger partial charge in [-0.2, -0.15) is 11.8 Å². The number of hydrogen-bond acceptors (Lipinski definition) is 26. The van der Waals surface area contributed by atoms with Crippen molar-refractivity contribution in [1.82, 2.24) is 52.3 Å². The number of imidazole rings is 1. The van der Waals surface area contributed by atoms with Crippen molar-refractivity contribution in [2.75, 3.05) is 57.4 Å². The number of thioether (sulfide) groups is 1. The largest absolute Gasteiger partial charge is 0.481 e. The number of esters is 1. The molecule has 3 unspecified atom stereocenters. The first-order valence-electron chi connectivity index (χ1n) is 25.7. The maximum Gasteiger partial charge on any atom is 0.305 e.